The Morgan fingerprint density at radius 1 is 1.52 bits per heavy atom. The van der Waals surface area contributed by atoms with Crippen molar-refractivity contribution in [2.24, 2.45) is 5.41 Å². The molecule has 3 N–H and O–H groups in total. The van der Waals surface area contributed by atoms with Crippen LogP contribution in [0.3, 0.4) is 0 Å². The maximum Gasteiger partial charge on any atom is 0.406 e. The summed E-state index contributed by atoms with van der Waals surface area (Å²) in [6.07, 6.45) is -2.55. The summed E-state index contributed by atoms with van der Waals surface area (Å²) in [5, 5.41) is 11.3. The lowest BCUT2D eigenvalue weighted by molar-refractivity contribution is -0.226. The number of imidazole rings is 1. The number of nitrogens with zero attached hydrogens (tertiary/aromatic N) is 2. The number of hydrogen-bond donors (Lipinski definition) is 3. The van der Waals surface area contributed by atoms with E-state index >= 15 is 0 Å². The van der Waals surface area contributed by atoms with Crippen LogP contribution in [0.5, 0.6) is 0 Å². The molecule has 0 saturated carbocycles. The molecule has 1 unspecified atom stereocenters. The number of amides is 2. The van der Waals surface area contributed by atoms with Gasteiger partial charge in [-0.2, -0.15) is 13.2 Å². The maximum atomic E-state index is 13.0. The number of aromatic nitrogens is 2. The molecule has 10 heteroatoms. The number of alkyl halides is 3. The zero-order valence-corrected chi connectivity index (χ0v) is 10.8. The summed E-state index contributed by atoms with van der Waals surface area (Å²) in [5.74, 6) is -1.51. The molecule has 0 spiro atoms. The van der Waals surface area contributed by atoms with Crippen molar-refractivity contribution < 1.29 is 27.9 Å². The van der Waals surface area contributed by atoms with Crippen LogP contribution in [0.2, 0.25) is 0 Å². The van der Waals surface area contributed by atoms with E-state index in [4.69, 9.17) is 5.11 Å². The van der Waals surface area contributed by atoms with E-state index in [9.17, 15) is 22.8 Å². The third-order valence-corrected chi connectivity index (χ3v) is 3.47. The highest BCUT2D eigenvalue weighted by Gasteiger charge is 2.64. The molecule has 1 atom stereocenters. The topological polar surface area (TPSA) is 98.3 Å². The number of carbonyl (C=O) groups is 2. The Kier molecular flexibility index (Phi) is 3.79. The molecule has 2 rings (SSSR count). The van der Waals surface area contributed by atoms with Crippen LogP contribution in [0.25, 0.3) is 0 Å². The van der Waals surface area contributed by atoms with Gasteiger partial charge in [-0.3, -0.25) is 4.79 Å². The summed E-state index contributed by atoms with van der Waals surface area (Å²) in [4.78, 5) is 30.2. The van der Waals surface area contributed by atoms with E-state index in [1.54, 1.807) is 0 Å². The van der Waals surface area contributed by atoms with Gasteiger partial charge in [0.2, 0.25) is 0 Å². The number of aliphatic carboxylic acids is 1. The summed E-state index contributed by atoms with van der Waals surface area (Å²) >= 11 is 0. The van der Waals surface area contributed by atoms with Gasteiger partial charge < -0.3 is 20.3 Å². The summed E-state index contributed by atoms with van der Waals surface area (Å²) in [6.45, 7) is -1.14. The summed E-state index contributed by atoms with van der Waals surface area (Å²) in [5.41, 5.74) is -2.89. The predicted octanol–water partition coefficient (Wildman–Crippen LogP) is 0.958. The van der Waals surface area contributed by atoms with Crippen LogP contribution >= 0.6 is 0 Å². The van der Waals surface area contributed by atoms with Crippen molar-refractivity contribution in [2.75, 3.05) is 13.1 Å². The van der Waals surface area contributed by atoms with Gasteiger partial charge in [0.05, 0.1) is 6.54 Å². The number of aromatic amines is 1. The third-order valence-electron chi connectivity index (χ3n) is 3.47. The number of H-pyrrole nitrogens is 1. The molecule has 1 aliphatic rings. The first kappa shape index (κ1) is 15.1. The van der Waals surface area contributed by atoms with Crippen molar-refractivity contribution in [1.29, 1.82) is 0 Å². The van der Waals surface area contributed by atoms with E-state index in [2.05, 4.69) is 15.3 Å². The molecule has 0 aliphatic carbocycles. The van der Waals surface area contributed by atoms with E-state index in [0.29, 0.717) is 5.82 Å². The number of urea groups is 1. The molecule has 1 aromatic heterocycles. The molecule has 1 aromatic rings. The zero-order valence-electron chi connectivity index (χ0n) is 10.8. The Bertz CT molecular complexity index is 531. The minimum atomic E-state index is -4.91. The van der Waals surface area contributed by atoms with Gasteiger partial charge in [0, 0.05) is 25.5 Å². The Morgan fingerprint density at radius 2 is 2.24 bits per heavy atom. The van der Waals surface area contributed by atoms with Crippen LogP contribution in [-0.4, -0.2) is 51.2 Å². The first-order valence-electron chi connectivity index (χ1n) is 6.07. The fourth-order valence-electron chi connectivity index (χ4n) is 2.18. The molecule has 1 aliphatic heterocycles. The van der Waals surface area contributed by atoms with E-state index in [0.717, 1.165) is 4.90 Å². The number of rotatable bonds is 3. The highest BCUT2D eigenvalue weighted by molar-refractivity contribution is 5.80. The molecule has 7 nitrogen and oxygen atoms in total. The van der Waals surface area contributed by atoms with E-state index in [-0.39, 0.29) is 13.1 Å². The van der Waals surface area contributed by atoms with Gasteiger partial charge in [-0.25, -0.2) is 9.78 Å². The van der Waals surface area contributed by atoms with Crippen molar-refractivity contribution >= 4 is 12.0 Å². The highest BCUT2D eigenvalue weighted by atomic mass is 19.4. The van der Waals surface area contributed by atoms with E-state index < -0.39 is 36.6 Å². The molecule has 0 radical (unpaired) electrons. The number of hydrogen-bond acceptors (Lipinski definition) is 3. The monoisotopic (exact) mass is 306 g/mol. The number of carbonyl (C=O) groups excluding carboxylic acids is 1. The fourth-order valence-corrected chi connectivity index (χ4v) is 2.18. The van der Waals surface area contributed by atoms with Crippen molar-refractivity contribution in [2.45, 2.75) is 19.1 Å². The van der Waals surface area contributed by atoms with E-state index in [1.807, 2.05) is 0 Å². The molecular weight excluding hydrogens is 293 g/mol. The van der Waals surface area contributed by atoms with Gasteiger partial charge in [0.25, 0.3) is 0 Å². The Morgan fingerprint density at radius 3 is 2.71 bits per heavy atom. The van der Waals surface area contributed by atoms with Gasteiger partial charge in [-0.1, -0.05) is 0 Å². The summed E-state index contributed by atoms with van der Waals surface area (Å²) in [7, 11) is 0. The Hall–Kier alpha value is -2.26. The second-order valence-corrected chi connectivity index (χ2v) is 4.75. The second kappa shape index (κ2) is 5.26. The minimum Gasteiger partial charge on any atom is -0.481 e. The van der Waals surface area contributed by atoms with Crippen molar-refractivity contribution in [3.63, 3.8) is 0 Å². The average molecular weight is 306 g/mol. The van der Waals surface area contributed by atoms with Crippen LogP contribution in [0.15, 0.2) is 12.4 Å². The standard InChI is InChI=1S/C11H13F3N4O3/c12-11(13,14)10(8(19)20)1-4-18(6-10)9(21)17-5-7-15-2-3-16-7/h2-3H,1,4-6H2,(H,15,16)(H,17,21)(H,19,20). The fraction of sp³-hybridized carbons (Fsp3) is 0.545. The van der Waals surface area contributed by atoms with Crippen LogP contribution in [0, 0.1) is 5.41 Å². The van der Waals surface area contributed by atoms with Crippen molar-refractivity contribution in [1.82, 2.24) is 20.2 Å². The van der Waals surface area contributed by atoms with Gasteiger partial charge in [-0.05, 0) is 6.42 Å². The third kappa shape index (κ3) is 2.78. The summed E-state index contributed by atoms with van der Waals surface area (Å²) in [6, 6.07) is -0.751. The molecule has 2 heterocycles. The van der Waals surface area contributed by atoms with Gasteiger partial charge in [0.1, 0.15) is 5.82 Å². The molecular formula is C11H13F3N4O3. The van der Waals surface area contributed by atoms with Gasteiger partial charge >= 0.3 is 18.2 Å². The van der Waals surface area contributed by atoms with Crippen LogP contribution in [0.1, 0.15) is 12.2 Å². The predicted molar refractivity (Wildman–Crippen MR) is 63.1 cm³/mol. The number of carboxylic acid groups (broad SMARTS) is 1. The lowest BCUT2D eigenvalue weighted by Crippen LogP contribution is -2.49. The molecule has 0 aromatic carbocycles. The largest absolute Gasteiger partial charge is 0.481 e. The van der Waals surface area contributed by atoms with Crippen molar-refractivity contribution in [3.8, 4) is 0 Å². The summed E-state index contributed by atoms with van der Waals surface area (Å²) < 4.78 is 38.9. The molecule has 21 heavy (non-hydrogen) atoms. The molecule has 2 amide bonds. The number of nitrogens with one attached hydrogen (secondary N) is 2. The molecule has 1 saturated heterocycles. The molecule has 0 bridgehead atoms. The molecule has 116 valence electrons. The number of halogens is 3. The first-order valence-corrected chi connectivity index (χ1v) is 6.07. The normalized spacial score (nSPS) is 22.3. The van der Waals surface area contributed by atoms with Crippen LogP contribution < -0.4 is 5.32 Å². The van der Waals surface area contributed by atoms with Gasteiger partial charge in [-0.15, -0.1) is 0 Å². The van der Waals surface area contributed by atoms with Crippen LogP contribution in [-0.2, 0) is 11.3 Å². The number of likely N-dealkylation sites (tertiary alicyclic amines) is 1. The lowest BCUT2D eigenvalue weighted by Gasteiger charge is -2.27. The maximum absolute atomic E-state index is 13.0. The molecule has 1 fully saturated rings. The minimum absolute atomic E-state index is 0.0222. The highest BCUT2D eigenvalue weighted by Crippen LogP contribution is 2.45. The SMILES string of the molecule is O=C(NCc1ncc[nH]1)N1CCC(C(=O)O)(C(F)(F)F)C1. The first-order chi connectivity index (χ1) is 9.76. The van der Waals surface area contributed by atoms with Gasteiger partial charge in [0.15, 0.2) is 5.41 Å². The zero-order chi connectivity index (χ0) is 15.7. The average Bonchev–Trinajstić information content (AvgIpc) is 3.04. The Balaban J connectivity index is 2.00. The van der Waals surface area contributed by atoms with Crippen LogP contribution in [0.4, 0.5) is 18.0 Å². The van der Waals surface area contributed by atoms with Crippen molar-refractivity contribution in [3.05, 3.63) is 18.2 Å². The Labute approximate surface area is 117 Å². The quantitative estimate of drug-likeness (QED) is 0.774. The smallest absolute Gasteiger partial charge is 0.406 e. The second-order valence-electron chi connectivity index (χ2n) is 4.75. The number of carboxylic acids is 1. The lowest BCUT2D eigenvalue weighted by atomic mass is 9.86. The van der Waals surface area contributed by atoms with E-state index in [1.165, 1.54) is 12.4 Å².